The van der Waals surface area contributed by atoms with Gasteiger partial charge in [0.1, 0.15) is 0 Å². The van der Waals surface area contributed by atoms with Crippen LogP contribution in [0.1, 0.15) is 38.8 Å². The largest absolute Gasteiger partial charge is 0.493 e. The van der Waals surface area contributed by atoms with Gasteiger partial charge in [0.15, 0.2) is 16.6 Å². The highest BCUT2D eigenvalue weighted by Gasteiger charge is 2.20. The van der Waals surface area contributed by atoms with E-state index in [2.05, 4.69) is 39.4 Å². The van der Waals surface area contributed by atoms with Crippen LogP contribution in [0.4, 0.5) is 16.8 Å². The molecule has 3 rings (SSSR count). The first-order valence-corrected chi connectivity index (χ1v) is 10.9. The van der Waals surface area contributed by atoms with Crippen molar-refractivity contribution < 1.29 is 19.0 Å². The normalized spacial score (nSPS) is 11.6. The molecule has 0 spiro atoms. The minimum absolute atomic E-state index is 0.159. The summed E-state index contributed by atoms with van der Waals surface area (Å²) in [4.78, 5) is 26.1. The van der Waals surface area contributed by atoms with Gasteiger partial charge in [0, 0.05) is 30.9 Å². The van der Waals surface area contributed by atoms with Crippen LogP contribution in [0.5, 0.6) is 17.2 Å². The first-order chi connectivity index (χ1) is 15.4. The van der Waals surface area contributed by atoms with Crippen LogP contribution in [0.25, 0.3) is 10.6 Å². The van der Waals surface area contributed by atoms with Gasteiger partial charge < -0.3 is 24.8 Å². The molecule has 2 heterocycles. The first kappa shape index (κ1) is 23.3. The van der Waals surface area contributed by atoms with E-state index in [0.29, 0.717) is 34.0 Å². The van der Waals surface area contributed by atoms with Crippen molar-refractivity contribution in [3.63, 3.8) is 0 Å². The molecular weight excluding hydrogens is 430 g/mol. The Morgan fingerprint density at radius 3 is 2.38 bits per heavy atom. The Kier molecular flexibility index (Phi) is 7.47. The van der Waals surface area contributed by atoms with Crippen LogP contribution in [0.3, 0.4) is 0 Å². The number of anilines is 3. The number of thiazole rings is 1. The molecule has 0 saturated carbocycles. The fourth-order valence-electron chi connectivity index (χ4n) is 3.07. The number of benzene rings is 1. The topological polar surface area (TPSA) is 107 Å². The first-order valence-electron chi connectivity index (χ1n) is 10.1. The zero-order valence-corrected chi connectivity index (χ0v) is 19.8. The molecule has 170 valence electrons. The standard InChI is InChI=1S/C22H27N5O4S/c1-7-12(2)18-20(32-22(27-18)24-13(3)28)15-8-9-23-21(26-15)25-14-10-16(29-4)19(31-6)17(11-14)30-5/h8-12H,7H2,1-6H3,(H,23,25,26)(H,24,27,28). The SMILES string of the molecule is CCC(C)c1nc(NC(C)=O)sc1-c1ccnc(Nc2cc(OC)c(OC)c(OC)c2)n1. The molecule has 10 heteroatoms. The number of nitrogens with one attached hydrogen (secondary N) is 2. The van der Waals surface area contributed by atoms with Gasteiger partial charge >= 0.3 is 0 Å². The van der Waals surface area contributed by atoms with E-state index in [0.717, 1.165) is 22.7 Å². The van der Waals surface area contributed by atoms with Crippen molar-refractivity contribution in [1.29, 1.82) is 0 Å². The summed E-state index contributed by atoms with van der Waals surface area (Å²) in [5, 5.41) is 6.52. The molecule has 1 aromatic carbocycles. The second kappa shape index (κ2) is 10.3. The second-order valence-electron chi connectivity index (χ2n) is 7.03. The van der Waals surface area contributed by atoms with Gasteiger partial charge in [-0.15, -0.1) is 0 Å². The summed E-state index contributed by atoms with van der Waals surface area (Å²) in [5.41, 5.74) is 2.31. The average Bonchev–Trinajstić information content (AvgIpc) is 3.21. The summed E-state index contributed by atoms with van der Waals surface area (Å²) in [6, 6.07) is 5.39. The maximum absolute atomic E-state index is 11.5. The van der Waals surface area contributed by atoms with E-state index in [9.17, 15) is 4.79 Å². The number of hydrogen-bond acceptors (Lipinski definition) is 9. The Hall–Kier alpha value is -3.40. The molecule has 0 bridgehead atoms. The lowest BCUT2D eigenvalue weighted by Gasteiger charge is -2.15. The van der Waals surface area contributed by atoms with Gasteiger partial charge in [0.25, 0.3) is 0 Å². The molecular formula is C22H27N5O4S. The van der Waals surface area contributed by atoms with E-state index in [-0.39, 0.29) is 11.8 Å². The highest BCUT2D eigenvalue weighted by Crippen LogP contribution is 2.41. The Morgan fingerprint density at radius 2 is 1.81 bits per heavy atom. The van der Waals surface area contributed by atoms with Crippen LogP contribution in [0.15, 0.2) is 24.4 Å². The summed E-state index contributed by atoms with van der Waals surface area (Å²) in [5.74, 6) is 2.00. The van der Waals surface area contributed by atoms with Gasteiger partial charge in [-0.05, 0) is 18.4 Å². The molecule has 32 heavy (non-hydrogen) atoms. The predicted octanol–water partition coefficient (Wildman–Crippen LogP) is 4.84. The van der Waals surface area contributed by atoms with Gasteiger partial charge in [-0.3, -0.25) is 4.79 Å². The maximum Gasteiger partial charge on any atom is 0.227 e. The smallest absolute Gasteiger partial charge is 0.227 e. The molecule has 0 aliphatic rings. The number of carbonyl (C=O) groups is 1. The van der Waals surface area contributed by atoms with Crippen molar-refractivity contribution in [3.8, 4) is 27.8 Å². The summed E-state index contributed by atoms with van der Waals surface area (Å²) in [6.45, 7) is 5.67. The molecule has 0 aliphatic carbocycles. The van der Waals surface area contributed by atoms with E-state index >= 15 is 0 Å². The number of aromatic nitrogens is 3. The zero-order valence-electron chi connectivity index (χ0n) is 19.0. The molecule has 0 saturated heterocycles. The number of rotatable bonds is 9. The van der Waals surface area contributed by atoms with E-state index in [1.54, 1.807) is 39.7 Å². The van der Waals surface area contributed by atoms with Gasteiger partial charge in [-0.1, -0.05) is 25.2 Å². The molecule has 1 atom stereocenters. The van der Waals surface area contributed by atoms with Crippen LogP contribution in [-0.2, 0) is 4.79 Å². The molecule has 2 N–H and O–H groups in total. The summed E-state index contributed by atoms with van der Waals surface area (Å²) >= 11 is 1.40. The molecule has 3 aromatic rings. The Labute approximate surface area is 191 Å². The number of ether oxygens (including phenoxy) is 3. The third-order valence-corrected chi connectivity index (χ3v) is 5.83. The number of carbonyl (C=O) groups excluding carboxylic acids is 1. The predicted molar refractivity (Wildman–Crippen MR) is 126 cm³/mol. The Morgan fingerprint density at radius 1 is 1.12 bits per heavy atom. The number of hydrogen-bond donors (Lipinski definition) is 2. The van der Waals surface area contributed by atoms with Crippen LogP contribution in [0.2, 0.25) is 0 Å². The molecule has 1 unspecified atom stereocenters. The lowest BCUT2D eigenvalue weighted by atomic mass is 10.0. The minimum Gasteiger partial charge on any atom is -0.493 e. The third-order valence-electron chi connectivity index (χ3n) is 4.82. The fourth-order valence-corrected chi connectivity index (χ4v) is 4.18. The molecule has 0 radical (unpaired) electrons. The van der Waals surface area contributed by atoms with Gasteiger partial charge in [0.05, 0.1) is 37.6 Å². The lowest BCUT2D eigenvalue weighted by Crippen LogP contribution is -2.05. The monoisotopic (exact) mass is 457 g/mol. The molecule has 0 aliphatic heterocycles. The van der Waals surface area contributed by atoms with E-state index < -0.39 is 0 Å². The second-order valence-corrected chi connectivity index (χ2v) is 8.03. The maximum atomic E-state index is 11.5. The highest BCUT2D eigenvalue weighted by molar-refractivity contribution is 7.19. The molecule has 2 aromatic heterocycles. The number of amides is 1. The van der Waals surface area contributed by atoms with Crippen molar-refractivity contribution in [1.82, 2.24) is 15.0 Å². The van der Waals surface area contributed by atoms with E-state index in [4.69, 9.17) is 14.2 Å². The fraction of sp³-hybridized carbons (Fsp3) is 0.364. The lowest BCUT2D eigenvalue weighted by molar-refractivity contribution is -0.114. The van der Waals surface area contributed by atoms with Gasteiger partial charge in [-0.25, -0.2) is 15.0 Å². The van der Waals surface area contributed by atoms with Gasteiger partial charge in [-0.2, -0.15) is 0 Å². The van der Waals surface area contributed by atoms with Crippen molar-refractivity contribution in [2.45, 2.75) is 33.1 Å². The third kappa shape index (κ3) is 5.08. The van der Waals surface area contributed by atoms with Crippen LogP contribution in [-0.4, -0.2) is 42.2 Å². The minimum atomic E-state index is -0.159. The van der Waals surface area contributed by atoms with Crippen molar-refractivity contribution in [2.75, 3.05) is 32.0 Å². The quantitative estimate of drug-likeness (QED) is 0.470. The Balaban J connectivity index is 1.98. The Bertz CT molecular complexity index is 1080. The van der Waals surface area contributed by atoms with Crippen LogP contribution < -0.4 is 24.8 Å². The van der Waals surface area contributed by atoms with Crippen molar-refractivity contribution in [2.24, 2.45) is 0 Å². The number of methoxy groups -OCH3 is 3. The summed E-state index contributed by atoms with van der Waals surface area (Å²) < 4.78 is 16.2. The van der Waals surface area contributed by atoms with E-state index in [1.807, 2.05) is 6.07 Å². The highest BCUT2D eigenvalue weighted by atomic mass is 32.1. The van der Waals surface area contributed by atoms with Crippen molar-refractivity contribution in [3.05, 3.63) is 30.1 Å². The van der Waals surface area contributed by atoms with Crippen molar-refractivity contribution >= 4 is 34.0 Å². The summed E-state index contributed by atoms with van der Waals surface area (Å²) in [7, 11) is 4.68. The van der Waals surface area contributed by atoms with Crippen LogP contribution in [0, 0.1) is 0 Å². The molecule has 9 nitrogen and oxygen atoms in total. The van der Waals surface area contributed by atoms with Gasteiger partial charge in [0.2, 0.25) is 17.6 Å². The number of nitrogens with zero attached hydrogens (tertiary/aromatic N) is 3. The summed E-state index contributed by atoms with van der Waals surface area (Å²) in [6.07, 6.45) is 2.60. The zero-order chi connectivity index (χ0) is 23.3. The average molecular weight is 458 g/mol. The molecule has 0 fully saturated rings. The van der Waals surface area contributed by atoms with Crippen LogP contribution >= 0.6 is 11.3 Å². The van der Waals surface area contributed by atoms with E-state index in [1.165, 1.54) is 18.3 Å². The molecule has 1 amide bonds.